The van der Waals surface area contributed by atoms with E-state index in [4.69, 9.17) is 0 Å². The molecule has 97 heavy (non-hydrogen) atoms. The Labute approximate surface area is 574 Å². The van der Waals surface area contributed by atoms with Crippen LogP contribution in [0.4, 0.5) is 5.69 Å². The van der Waals surface area contributed by atoms with Crippen LogP contribution >= 0.6 is 0 Å². The van der Waals surface area contributed by atoms with Crippen LogP contribution in [0.15, 0.2) is 24.3 Å². The van der Waals surface area contributed by atoms with Gasteiger partial charge in [0.15, 0.2) is 6.17 Å². The Hall–Kier alpha value is -7.46. The van der Waals surface area contributed by atoms with Gasteiger partial charge in [-0.3, -0.25) is 62.7 Å². The van der Waals surface area contributed by atoms with Gasteiger partial charge in [0.05, 0.1) is 30.9 Å². The zero-order valence-electron chi connectivity index (χ0n) is 62.2. The molecule has 3 aliphatic rings. The van der Waals surface area contributed by atoms with Crippen LogP contribution in [0.1, 0.15) is 142 Å². The molecular formula is C69H115N13O15. The first-order chi connectivity index (χ1) is 44.8. The molecule has 12 amide bonds. The number of rotatable bonds is 11. The second-order valence-electron chi connectivity index (χ2n) is 29.5. The lowest BCUT2D eigenvalue weighted by atomic mass is 9.90. The maximum Gasteiger partial charge on any atom is 0.248 e. The molecule has 4 rings (SSSR count). The second-order valence-corrected chi connectivity index (χ2v) is 29.5. The third-order valence-corrected chi connectivity index (χ3v) is 20.3. The summed E-state index contributed by atoms with van der Waals surface area (Å²) in [7, 11) is 12.2. The normalized spacial score (nSPS) is 28.4. The predicted octanol–water partition coefficient (Wildman–Crippen LogP) is 1.86. The molecular weight excluding hydrogens is 1250 g/mol. The van der Waals surface area contributed by atoms with E-state index in [1.807, 2.05) is 6.92 Å². The summed E-state index contributed by atoms with van der Waals surface area (Å²) in [4.78, 5) is 190. The third kappa shape index (κ3) is 17.2. The summed E-state index contributed by atoms with van der Waals surface area (Å²) in [6.45, 7) is 24.8. The van der Waals surface area contributed by atoms with Gasteiger partial charge in [-0.25, -0.2) is 5.06 Å². The van der Waals surface area contributed by atoms with E-state index in [0.29, 0.717) is 24.3 Å². The van der Waals surface area contributed by atoms with Gasteiger partial charge in [-0.2, -0.15) is 0 Å². The summed E-state index contributed by atoms with van der Waals surface area (Å²) >= 11 is 0. The molecule has 2 saturated heterocycles. The van der Waals surface area contributed by atoms with E-state index < -0.39 is 210 Å². The van der Waals surface area contributed by atoms with Gasteiger partial charge in [-0.1, -0.05) is 134 Å². The summed E-state index contributed by atoms with van der Waals surface area (Å²) in [5.41, 5.74) is -3.70. The highest BCUT2D eigenvalue weighted by molar-refractivity contribution is 6.00. The van der Waals surface area contributed by atoms with Crippen LogP contribution in [0, 0.1) is 41.4 Å². The largest absolute Gasteiger partial charge is 0.388 e. The first-order valence-corrected chi connectivity index (χ1v) is 34.0. The van der Waals surface area contributed by atoms with Gasteiger partial charge >= 0.3 is 0 Å². The van der Waals surface area contributed by atoms with Gasteiger partial charge in [0.2, 0.25) is 70.9 Å². The number of carbonyl (C=O) groups is 12. The minimum absolute atomic E-state index is 0.148. The summed E-state index contributed by atoms with van der Waals surface area (Å²) in [5.74, 6) is -13.2. The maximum absolute atomic E-state index is 15.4. The van der Waals surface area contributed by atoms with Gasteiger partial charge < -0.3 is 69.8 Å². The van der Waals surface area contributed by atoms with Crippen molar-refractivity contribution in [3.63, 3.8) is 0 Å². The number of hydrogen-bond acceptors (Lipinski definition) is 16. The zero-order chi connectivity index (χ0) is 74.4. The first-order valence-electron chi connectivity index (χ1n) is 34.0. The van der Waals surface area contributed by atoms with Crippen molar-refractivity contribution in [1.82, 2.24) is 59.6 Å². The van der Waals surface area contributed by atoms with Gasteiger partial charge in [-0.05, 0) is 61.3 Å². The molecule has 546 valence electrons. The van der Waals surface area contributed by atoms with E-state index in [2.05, 4.69) is 10.6 Å². The molecule has 0 spiro atoms. The Morgan fingerprint density at radius 1 is 0.474 bits per heavy atom. The van der Waals surface area contributed by atoms with Crippen LogP contribution in [0.25, 0.3) is 0 Å². The number of aliphatic hydroxyl groups is 2. The molecule has 1 aromatic rings. The molecule has 0 aliphatic carbocycles. The molecule has 3 heterocycles. The van der Waals surface area contributed by atoms with Crippen molar-refractivity contribution in [2.24, 2.45) is 41.4 Å². The summed E-state index contributed by atoms with van der Waals surface area (Å²) in [6, 6.07) is -5.86. The fraction of sp³-hybridized carbons (Fsp3) is 0.739. The monoisotopic (exact) mass is 1370 g/mol. The van der Waals surface area contributed by atoms with Crippen LogP contribution < -0.4 is 15.7 Å². The summed E-state index contributed by atoms with van der Waals surface area (Å²) < 4.78 is 0. The Balaban J connectivity index is 1.95. The van der Waals surface area contributed by atoms with Crippen molar-refractivity contribution in [3.05, 3.63) is 29.8 Å². The summed E-state index contributed by atoms with van der Waals surface area (Å²) in [5, 5.41) is 42.8. The lowest BCUT2D eigenvalue weighted by Crippen LogP contribution is -2.64. The lowest BCUT2D eigenvalue weighted by molar-refractivity contribution is -0.160. The maximum atomic E-state index is 15.4. The van der Waals surface area contributed by atoms with Crippen LogP contribution in [0.5, 0.6) is 0 Å². The van der Waals surface area contributed by atoms with Crippen LogP contribution in [-0.2, 0) is 63.1 Å². The number of para-hydroxylation sites is 1. The minimum atomic E-state index is -2.09. The quantitative estimate of drug-likeness (QED) is 0.211. The van der Waals surface area contributed by atoms with Crippen molar-refractivity contribution in [1.29, 1.82) is 0 Å². The highest BCUT2D eigenvalue weighted by Crippen LogP contribution is 2.52. The van der Waals surface area contributed by atoms with E-state index in [0.717, 1.165) is 34.3 Å². The molecule has 2 fully saturated rings. The number of benzene rings is 1. The molecule has 28 heteroatoms. The fourth-order valence-corrected chi connectivity index (χ4v) is 14.1. The van der Waals surface area contributed by atoms with Crippen LogP contribution in [0.3, 0.4) is 0 Å². The SMILES string of the molecule is CCC(C)C1NC(=O)C(C(C)C)N(C)C(=O)C2CC3(O)c4ccccc4N(O)C3N2C(=O)CN(C)C(=O)C(C(C)CC)N(C)C(=O)C(C(C)C)NC(=O)CN(C)C(=O)C(C(C)CC)N(C)C(=O)C(C(C)(C)O)N(C)C(=O)CN(C)C(=O)C(C(C)C)N(C)C(=O)C(C(C)C)N(C)C1=O. The smallest absolute Gasteiger partial charge is 0.248 e. The summed E-state index contributed by atoms with van der Waals surface area (Å²) in [6.07, 6.45) is -1.06. The molecule has 14 unspecified atom stereocenters. The van der Waals surface area contributed by atoms with Gasteiger partial charge in [-0.15, -0.1) is 0 Å². The minimum Gasteiger partial charge on any atom is -0.388 e. The molecule has 0 aromatic heterocycles. The number of nitrogens with one attached hydrogen (secondary N) is 2. The van der Waals surface area contributed by atoms with Gasteiger partial charge in [0.1, 0.15) is 60.0 Å². The lowest BCUT2D eigenvalue weighted by Gasteiger charge is -2.42. The molecule has 5 N–H and O–H groups in total. The Kier molecular flexibility index (Phi) is 27.8. The van der Waals surface area contributed by atoms with Crippen molar-refractivity contribution >= 4 is 76.6 Å². The molecule has 0 bridgehead atoms. The average Bonchev–Trinajstić information content (AvgIpc) is 1.54. The van der Waals surface area contributed by atoms with E-state index in [9.17, 15) is 44.2 Å². The van der Waals surface area contributed by atoms with E-state index in [-0.39, 0.29) is 11.3 Å². The van der Waals surface area contributed by atoms with Gasteiger partial charge in [0.25, 0.3) is 0 Å². The highest BCUT2D eigenvalue weighted by atomic mass is 16.5. The molecule has 0 saturated carbocycles. The predicted molar refractivity (Wildman–Crippen MR) is 364 cm³/mol. The Morgan fingerprint density at radius 2 is 0.876 bits per heavy atom. The topological polar surface area (TPSA) is 325 Å². The van der Waals surface area contributed by atoms with Crippen LogP contribution in [0.2, 0.25) is 0 Å². The number of likely N-dealkylation sites (N-methyl/N-ethyl adjacent to an activating group) is 9. The molecule has 0 radical (unpaired) electrons. The Morgan fingerprint density at radius 3 is 1.34 bits per heavy atom. The molecule has 1 aromatic carbocycles. The number of fused-ring (bicyclic) bond motifs is 5. The number of hydroxylamine groups is 1. The van der Waals surface area contributed by atoms with Gasteiger partial charge in [0, 0.05) is 75.4 Å². The van der Waals surface area contributed by atoms with Crippen molar-refractivity contribution < 1.29 is 73.0 Å². The number of hydrogen-bond donors (Lipinski definition) is 5. The second kappa shape index (κ2) is 32.9. The average molecular weight is 1370 g/mol. The van der Waals surface area contributed by atoms with Crippen molar-refractivity contribution in [3.8, 4) is 0 Å². The number of nitrogens with zero attached hydrogens (tertiary/aromatic N) is 11. The number of amides is 12. The van der Waals surface area contributed by atoms with Crippen molar-refractivity contribution in [2.45, 2.75) is 208 Å². The van der Waals surface area contributed by atoms with Crippen LogP contribution in [-0.4, -0.2) is 285 Å². The molecule has 28 nitrogen and oxygen atoms in total. The standard InChI is InChI=1S/C69H115N13O15/c1-26-41(12)51-61(89)77(22)54(40(10)11)65(93)78(23)53(39(8)9)62(90)73(18)35-48(84)75(20)57(68(15,16)95)66(94)80(25)56(43(14)28-3)63(91)72(17)34-47(83)70-50(37(4)5)60(88)79(24)55(42(13)27-2)64(92)74(19)36-49(85)81-46(59(87)76(21)52(38(6)7)58(86)71-51)33-69(96)44-31-29-30-32-45(44)82(97)67(69)81/h29-32,37-43,46,50-57,67,95-97H,26-28,33-36H2,1-25H3,(H,70,83)(H,71,86). The fourth-order valence-electron chi connectivity index (χ4n) is 14.1. The van der Waals surface area contributed by atoms with E-state index in [1.54, 1.807) is 108 Å². The first kappa shape index (κ1) is 82.0. The highest BCUT2D eigenvalue weighted by Gasteiger charge is 2.64. The third-order valence-electron chi connectivity index (χ3n) is 20.3. The van der Waals surface area contributed by atoms with E-state index >= 15 is 28.8 Å². The van der Waals surface area contributed by atoms with E-state index in [1.165, 1.54) is 98.0 Å². The Bertz CT molecular complexity index is 3070. The number of carbonyl (C=O) groups excluding carboxylic acids is 12. The molecule has 3 aliphatic heterocycles. The zero-order valence-corrected chi connectivity index (χ0v) is 62.2. The number of anilines is 1. The van der Waals surface area contributed by atoms with Crippen molar-refractivity contribution in [2.75, 3.05) is 88.1 Å². The molecule has 14 atom stereocenters.